The smallest absolute Gasteiger partial charge is 0.223 e. The summed E-state index contributed by atoms with van der Waals surface area (Å²) in [6, 6.07) is 7.91. The molecule has 4 aromatic rings. The molecule has 0 aliphatic heterocycles. The molecule has 0 atom stereocenters. The van der Waals surface area contributed by atoms with Gasteiger partial charge < -0.3 is 68.7 Å². The Bertz CT molecular complexity index is 1900. The van der Waals surface area contributed by atoms with E-state index in [0.717, 1.165) is 53.9 Å². The molecule has 0 saturated heterocycles. The molecule has 0 unspecified atom stereocenters. The number of carbonyl (C=O) groups excluding carboxylic acids is 2. The molecular weight excluding hydrogens is 821 g/mol. The number of carbonyl (C=O) groups is 2. The summed E-state index contributed by atoms with van der Waals surface area (Å²) in [6.07, 6.45) is 4.56. The number of nitrogens with one attached hydrogen (secondary N) is 3. The Morgan fingerprint density at radius 3 is 1.70 bits per heavy atom. The standard InChI is InChI=1S/C43H66N8O12/c1-32(52)45-10-12-55-14-16-57-18-20-59-22-24-61-26-28-63-29-27-62-25-23-60-21-19-58-17-15-56-13-11-46-43(53)34-8-6-33(7-9-34)42-50-39(40-41(44)47-31-48-51(40)42)36-30-35-4-3-5-37(54-2)38(35)49-36/h3-5,30-31,33-34,49H,6-29H2,1-2H3,(H,45,52)(H,46,53)(H2,44,47,48). The first-order valence-electron chi connectivity index (χ1n) is 21.8. The van der Waals surface area contributed by atoms with Crippen LogP contribution in [-0.4, -0.2) is 176 Å². The largest absolute Gasteiger partial charge is 0.495 e. The number of nitrogen functional groups attached to an aromatic ring is 1. The molecule has 63 heavy (non-hydrogen) atoms. The molecule has 0 radical (unpaired) electrons. The number of fused-ring (bicyclic) bond motifs is 2. The number of methoxy groups -OCH3 is 1. The summed E-state index contributed by atoms with van der Waals surface area (Å²) in [4.78, 5) is 36.5. The fourth-order valence-corrected chi connectivity index (χ4v) is 7.02. The second kappa shape index (κ2) is 29.0. The van der Waals surface area contributed by atoms with Crippen LogP contribution in [0.1, 0.15) is 44.3 Å². The molecule has 0 spiro atoms. The number of benzene rings is 1. The van der Waals surface area contributed by atoms with Crippen LogP contribution in [0.3, 0.4) is 0 Å². The fraction of sp³-hybridized carbons (Fsp3) is 0.651. The molecule has 1 saturated carbocycles. The van der Waals surface area contributed by atoms with Gasteiger partial charge in [0.25, 0.3) is 0 Å². The van der Waals surface area contributed by atoms with Crippen molar-refractivity contribution in [2.75, 3.05) is 145 Å². The van der Waals surface area contributed by atoms with E-state index in [-0.39, 0.29) is 23.7 Å². The Labute approximate surface area is 368 Å². The number of rotatable bonds is 34. The van der Waals surface area contributed by atoms with Crippen molar-refractivity contribution in [2.45, 2.75) is 38.5 Å². The number of aromatic nitrogens is 5. The van der Waals surface area contributed by atoms with Gasteiger partial charge in [-0.15, -0.1) is 0 Å². The van der Waals surface area contributed by atoms with Crippen molar-refractivity contribution in [3.8, 4) is 17.1 Å². The lowest BCUT2D eigenvalue weighted by molar-refractivity contribution is -0.126. The van der Waals surface area contributed by atoms with E-state index in [1.807, 2.05) is 24.3 Å². The van der Waals surface area contributed by atoms with Gasteiger partial charge in [-0.2, -0.15) is 5.10 Å². The predicted octanol–water partition coefficient (Wildman–Crippen LogP) is 2.54. The molecule has 2 amide bonds. The van der Waals surface area contributed by atoms with Gasteiger partial charge in [-0.3, -0.25) is 9.59 Å². The first-order valence-corrected chi connectivity index (χ1v) is 21.8. The Morgan fingerprint density at radius 2 is 1.21 bits per heavy atom. The first-order chi connectivity index (χ1) is 31.0. The number of nitrogens with zero attached hydrogens (tertiary/aromatic N) is 4. The predicted molar refractivity (Wildman–Crippen MR) is 233 cm³/mol. The second-order valence-corrected chi connectivity index (χ2v) is 14.7. The van der Waals surface area contributed by atoms with Crippen LogP contribution in [0.15, 0.2) is 30.6 Å². The van der Waals surface area contributed by atoms with Gasteiger partial charge in [0.1, 0.15) is 29.1 Å². The van der Waals surface area contributed by atoms with Gasteiger partial charge in [0, 0.05) is 37.2 Å². The molecule has 3 heterocycles. The third kappa shape index (κ3) is 17.2. The van der Waals surface area contributed by atoms with Crippen molar-refractivity contribution in [3.05, 3.63) is 36.4 Å². The minimum atomic E-state index is -0.0676. The summed E-state index contributed by atoms with van der Waals surface area (Å²) in [6.45, 7) is 10.8. The third-order valence-electron chi connectivity index (χ3n) is 10.2. The van der Waals surface area contributed by atoms with E-state index in [4.69, 9.17) is 58.1 Å². The van der Waals surface area contributed by atoms with Crippen molar-refractivity contribution in [2.24, 2.45) is 5.92 Å². The molecule has 5 N–H and O–H groups in total. The van der Waals surface area contributed by atoms with Gasteiger partial charge in [0.2, 0.25) is 11.8 Å². The average Bonchev–Trinajstić information content (AvgIpc) is 3.91. The molecule has 5 rings (SSSR count). The normalized spacial score (nSPS) is 15.3. The van der Waals surface area contributed by atoms with E-state index >= 15 is 0 Å². The highest BCUT2D eigenvalue weighted by atomic mass is 16.6. The fourth-order valence-electron chi connectivity index (χ4n) is 7.02. The van der Waals surface area contributed by atoms with Crippen LogP contribution in [0.25, 0.3) is 27.8 Å². The number of nitrogens with two attached hydrogens (primary N) is 1. The highest BCUT2D eigenvalue weighted by molar-refractivity contribution is 5.93. The number of amides is 2. The third-order valence-corrected chi connectivity index (χ3v) is 10.2. The van der Waals surface area contributed by atoms with Crippen molar-refractivity contribution in [1.29, 1.82) is 0 Å². The van der Waals surface area contributed by atoms with Crippen molar-refractivity contribution in [3.63, 3.8) is 0 Å². The van der Waals surface area contributed by atoms with Crippen molar-refractivity contribution < 1.29 is 57.0 Å². The maximum Gasteiger partial charge on any atom is 0.223 e. The Balaban J connectivity index is 0.788. The molecule has 20 nitrogen and oxygen atoms in total. The van der Waals surface area contributed by atoms with E-state index in [1.165, 1.54) is 13.3 Å². The number of ether oxygens (including phenoxy) is 10. The lowest BCUT2D eigenvalue weighted by atomic mass is 9.81. The van der Waals surface area contributed by atoms with E-state index in [1.54, 1.807) is 11.6 Å². The second-order valence-electron chi connectivity index (χ2n) is 14.7. The number of hydrogen-bond acceptors (Lipinski definition) is 16. The van der Waals surface area contributed by atoms with Crippen LogP contribution in [0.2, 0.25) is 0 Å². The number of hydrogen-bond donors (Lipinski definition) is 4. The monoisotopic (exact) mass is 886 g/mol. The highest BCUT2D eigenvalue weighted by Gasteiger charge is 2.31. The minimum Gasteiger partial charge on any atom is -0.495 e. The molecule has 1 aromatic carbocycles. The van der Waals surface area contributed by atoms with Gasteiger partial charge in [-0.25, -0.2) is 14.5 Å². The summed E-state index contributed by atoms with van der Waals surface area (Å²) in [5.41, 5.74) is 9.41. The lowest BCUT2D eigenvalue weighted by Crippen LogP contribution is -2.35. The van der Waals surface area contributed by atoms with E-state index < -0.39 is 0 Å². The lowest BCUT2D eigenvalue weighted by Gasteiger charge is -2.26. The van der Waals surface area contributed by atoms with Crippen LogP contribution in [0.5, 0.6) is 5.75 Å². The minimum absolute atomic E-state index is 0.0492. The molecule has 20 heteroatoms. The molecule has 3 aromatic heterocycles. The topological polar surface area (TPSA) is 235 Å². The first kappa shape index (κ1) is 49.5. The maximum absolute atomic E-state index is 13.0. The molecule has 350 valence electrons. The highest BCUT2D eigenvalue weighted by Crippen LogP contribution is 2.39. The SMILES string of the molecule is COc1cccc2cc(-c3nc(C4CCC(C(=O)NCCOCCOCCOCCOCCOCCOCCOCCOCCOCCNC(C)=O)CC4)n4ncnc(N)c34)[nH]c12. The van der Waals surface area contributed by atoms with E-state index in [9.17, 15) is 9.59 Å². The van der Waals surface area contributed by atoms with Gasteiger partial charge in [0.15, 0.2) is 5.82 Å². The molecule has 0 bridgehead atoms. The van der Waals surface area contributed by atoms with Crippen LogP contribution >= 0.6 is 0 Å². The zero-order chi connectivity index (χ0) is 44.3. The van der Waals surface area contributed by atoms with E-state index in [2.05, 4.69) is 25.7 Å². The van der Waals surface area contributed by atoms with Crippen LogP contribution in [0, 0.1) is 5.92 Å². The van der Waals surface area contributed by atoms with Gasteiger partial charge in [-0.05, 0) is 37.8 Å². The Morgan fingerprint density at radius 1 is 0.714 bits per heavy atom. The van der Waals surface area contributed by atoms with Crippen molar-refractivity contribution >= 4 is 34.1 Å². The summed E-state index contributed by atoms with van der Waals surface area (Å²) >= 11 is 0. The maximum atomic E-state index is 13.0. The summed E-state index contributed by atoms with van der Waals surface area (Å²) < 4.78 is 56.8. The number of para-hydroxylation sites is 1. The zero-order valence-corrected chi connectivity index (χ0v) is 36.8. The van der Waals surface area contributed by atoms with E-state index in [0.29, 0.717) is 149 Å². The summed E-state index contributed by atoms with van der Waals surface area (Å²) in [5.74, 6) is 1.96. The van der Waals surface area contributed by atoms with Gasteiger partial charge >= 0.3 is 0 Å². The molecule has 1 aliphatic carbocycles. The quantitative estimate of drug-likeness (QED) is 0.0494. The van der Waals surface area contributed by atoms with Crippen molar-refractivity contribution in [1.82, 2.24) is 35.2 Å². The number of H-pyrrole nitrogens is 1. The van der Waals surface area contributed by atoms with Crippen LogP contribution < -0.4 is 21.1 Å². The number of aromatic amines is 1. The molecule has 1 fully saturated rings. The number of imidazole rings is 1. The average molecular weight is 887 g/mol. The van der Waals surface area contributed by atoms with Gasteiger partial charge in [-0.1, -0.05) is 12.1 Å². The number of anilines is 1. The summed E-state index contributed by atoms with van der Waals surface area (Å²) in [5, 5.41) is 11.2. The summed E-state index contributed by atoms with van der Waals surface area (Å²) in [7, 11) is 1.65. The van der Waals surface area contributed by atoms with Gasteiger partial charge in [0.05, 0.1) is 137 Å². The van der Waals surface area contributed by atoms with Crippen LogP contribution in [0.4, 0.5) is 5.82 Å². The molecule has 1 aliphatic rings. The Hall–Kier alpha value is -4.51. The van der Waals surface area contributed by atoms with Crippen LogP contribution in [-0.2, 0) is 52.2 Å². The zero-order valence-electron chi connectivity index (χ0n) is 36.8. The molecular formula is C43H66N8O12. The Kier molecular flexibility index (Phi) is 22.8.